The lowest BCUT2D eigenvalue weighted by atomic mass is 9.83. The van der Waals surface area contributed by atoms with E-state index in [1.54, 1.807) is 51.1 Å². The first-order chi connectivity index (χ1) is 10.7. The molecule has 2 aliphatic rings. The second-order valence-electron chi connectivity index (χ2n) is 6.89. The van der Waals surface area contributed by atoms with Gasteiger partial charge in [-0.3, -0.25) is 14.5 Å². The third-order valence-electron chi connectivity index (χ3n) is 4.06. The van der Waals surface area contributed by atoms with Gasteiger partial charge in [0.05, 0.1) is 5.69 Å². The summed E-state index contributed by atoms with van der Waals surface area (Å²) >= 11 is 0. The third-order valence-corrected chi connectivity index (χ3v) is 4.06. The maximum atomic E-state index is 12.9. The van der Waals surface area contributed by atoms with Crippen molar-refractivity contribution >= 4 is 23.3 Å². The Morgan fingerprint density at radius 3 is 2.52 bits per heavy atom. The van der Waals surface area contributed by atoms with E-state index in [2.05, 4.69) is 0 Å². The lowest BCUT2D eigenvalue weighted by Gasteiger charge is -2.37. The average Bonchev–Trinajstić information content (AvgIpc) is 2.71. The Hall–Kier alpha value is -2.43. The van der Waals surface area contributed by atoms with Crippen LogP contribution in [0.3, 0.4) is 0 Å². The smallest absolute Gasteiger partial charge is 0.415 e. The fourth-order valence-corrected chi connectivity index (χ4v) is 3.07. The van der Waals surface area contributed by atoms with E-state index in [0.717, 1.165) is 0 Å². The van der Waals surface area contributed by atoms with Crippen LogP contribution in [-0.2, 0) is 9.53 Å². The van der Waals surface area contributed by atoms with Gasteiger partial charge in [0.25, 0.3) is 0 Å². The largest absolute Gasteiger partial charge is 0.443 e. The molecule has 1 unspecified atom stereocenters. The van der Waals surface area contributed by atoms with Crippen LogP contribution in [0.4, 0.5) is 10.5 Å². The van der Waals surface area contributed by atoms with Crippen LogP contribution in [0.25, 0.3) is 0 Å². The van der Waals surface area contributed by atoms with Crippen LogP contribution in [0, 0.1) is 0 Å². The minimum absolute atomic E-state index is 0.0384. The molecule has 1 aromatic rings. The molecule has 3 rings (SSSR count). The van der Waals surface area contributed by atoms with Crippen LogP contribution in [0.5, 0.6) is 0 Å². The highest BCUT2D eigenvalue weighted by Gasteiger charge is 2.54. The van der Waals surface area contributed by atoms with E-state index in [0.29, 0.717) is 11.3 Å². The topological polar surface area (TPSA) is 63.7 Å². The Morgan fingerprint density at radius 1 is 1.22 bits per heavy atom. The minimum Gasteiger partial charge on any atom is -0.443 e. The fraction of sp³-hybridized carbons (Fsp3) is 0.389. The molecular weight excluding hydrogens is 294 g/mol. The van der Waals surface area contributed by atoms with Gasteiger partial charge in [0.1, 0.15) is 11.1 Å². The normalized spacial score (nSPS) is 23.3. The van der Waals surface area contributed by atoms with E-state index in [1.807, 2.05) is 0 Å². The molecule has 0 aromatic heterocycles. The third kappa shape index (κ3) is 2.46. The van der Waals surface area contributed by atoms with Crippen molar-refractivity contribution in [3.8, 4) is 0 Å². The Balaban J connectivity index is 2.12. The zero-order valence-corrected chi connectivity index (χ0v) is 13.5. The SMILES string of the molecule is CC(C)(C)OC(=O)N1c2ccccc2C(=O)C12C=CC(=O)CC2. The molecule has 1 heterocycles. The fourth-order valence-electron chi connectivity index (χ4n) is 3.07. The van der Waals surface area contributed by atoms with Crippen molar-refractivity contribution in [2.45, 2.75) is 44.8 Å². The number of rotatable bonds is 0. The molecule has 1 aliphatic carbocycles. The zero-order chi connectivity index (χ0) is 16.8. The number of ether oxygens (including phenoxy) is 1. The second kappa shape index (κ2) is 5.05. The number of anilines is 1. The van der Waals surface area contributed by atoms with Crippen molar-refractivity contribution in [2.75, 3.05) is 4.90 Å². The summed E-state index contributed by atoms with van der Waals surface area (Å²) < 4.78 is 5.50. The van der Waals surface area contributed by atoms with E-state index in [9.17, 15) is 14.4 Å². The molecule has 0 saturated heterocycles. The summed E-state index contributed by atoms with van der Waals surface area (Å²) in [6, 6.07) is 6.98. The van der Waals surface area contributed by atoms with Crippen molar-refractivity contribution in [3.63, 3.8) is 0 Å². The first kappa shape index (κ1) is 15.5. The molecule has 1 aromatic carbocycles. The summed E-state index contributed by atoms with van der Waals surface area (Å²) in [5, 5.41) is 0. The van der Waals surface area contributed by atoms with E-state index in [4.69, 9.17) is 4.74 Å². The van der Waals surface area contributed by atoms with Crippen LogP contribution in [-0.4, -0.2) is 28.8 Å². The number of allylic oxidation sites excluding steroid dienone is 1. The summed E-state index contributed by atoms with van der Waals surface area (Å²) in [6.45, 7) is 5.34. The number of hydrogen-bond acceptors (Lipinski definition) is 4. The van der Waals surface area contributed by atoms with E-state index < -0.39 is 17.2 Å². The van der Waals surface area contributed by atoms with Gasteiger partial charge in [0.15, 0.2) is 11.6 Å². The number of para-hydroxylation sites is 1. The highest BCUT2D eigenvalue weighted by atomic mass is 16.6. The lowest BCUT2D eigenvalue weighted by molar-refractivity contribution is -0.115. The molecule has 0 radical (unpaired) electrons. The molecule has 1 atom stereocenters. The molecule has 0 saturated carbocycles. The Morgan fingerprint density at radius 2 is 1.91 bits per heavy atom. The number of benzene rings is 1. The van der Waals surface area contributed by atoms with Gasteiger partial charge in [-0.1, -0.05) is 12.1 Å². The molecule has 1 amide bonds. The maximum Gasteiger partial charge on any atom is 0.415 e. The highest BCUT2D eigenvalue weighted by Crippen LogP contribution is 2.44. The summed E-state index contributed by atoms with van der Waals surface area (Å²) in [6.07, 6.45) is 2.87. The van der Waals surface area contributed by atoms with Crippen LogP contribution in [0.2, 0.25) is 0 Å². The number of ketones is 2. The van der Waals surface area contributed by atoms with Crippen molar-refractivity contribution in [1.82, 2.24) is 0 Å². The highest BCUT2D eigenvalue weighted by molar-refractivity contribution is 6.21. The van der Waals surface area contributed by atoms with Gasteiger partial charge in [-0.2, -0.15) is 0 Å². The monoisotopic (exact) mass is 313 g/mol. The molecule has 23 heavy (non-hydrogen) atoms. The number of amides is 1. The van der Waals surface area contributed by atoms with Crippen molar-refractivity contribution in [3.05, 3.63) is 42.0 Å². The Kier molecular flexibility index (Phi) is 3.39. The molecule has 0 N–H and O–H groups in total. The van der Waals surface area contributed by atoms with Gasteiger partial charge in [-0.25, -0.2) is 4.79 Å². The van der Waals surface area contributed by atoms with Crippen LogP contribution in [0.15, 0.2) is 36.4 Å². The molecule has 0 bridgehead atoms. The van der Waals surface area contributed by atoms with Crippen molar-refractivity contribution < 1.29 is 19.1 Å². The standard InChI is InChI=1S/C18H19NO4/c1-17(2,3)23-16(22)19-14-7-5-4-6-13(14)15(21)18(19)10-8-12(20)9-11-18/h4-8,10H,9,11H2,1-3H3. The first-order valence-corrected chi connectivity index (χ1v) is 7.64. The number of fused-ring (bicyclic) bond motifs is 1. The Labute approximate surface area is 134 Å². The molecule has 5 heteroatoms. The lowest BCUT2D eigenvalue weighted by Crippen LogP contribution is -2.54. The van der Waals surface area contributed by atoms with E-state index in [-0.39, 0.29) is 24.4 Å². The molecule has 5 nitrogen and oxygen atoms in total. The number of Topliss-reactive ketones (excluding diaryl/α,β-unsaturated/α-hetero) is 1. The van der Waals surface area contributed by atoms with Gasteiger partial charge < -0.3 is 4.74 Å². The molecular formula is C18H19NO4. The van der Waals surface area contributed by atoms with Crippen LogP contribution >= 0.6 is 0 Å². The number of carbonyl (C=O) groups excluding carboxylic acids is 3. The zero-order valence-electron chi connectivity index (χ0n) is 13.5. The van der Waals surface area contributed by atoms with E-state index in [1.165, 1.54) is 11.0 Å². The summed E-state index contributed by atoms with van der Waals surface area (Å²) in [4.78, 5) is 38.7. The van der Waals surface area contributed by atoms with Crippen LogP contribution < -0.4 is 4.90 Å². The van der Waals surface area contributed by atoms with Gasteiger partial charge in [-0.15, -0.1) is 0 Å². The van der Waals surface area contributed by atoms with E-state index >= 15 is 0 Å². The second-order valence-corrected chi connectivity index (χ2v) is 6.89. The average molecular weight is 313 g/mol. The van der Waals surface area contributed by atoms with Crippen molar-refractivity contribution in [2.24, 2.45) is 0 Å². The number of nitrogens with zero attached hydrogens (tertiary/aromatic N) is 1. The number of carbonyl (C=O) groups is 3. The molecule has 120 valence electrons. The predicted octanol–water partition coefficient (Wildman–Crippen LogP) is 3.28. The maximum absolute atomic E-state index is 12.9. The van der Waals surface area contributed by atoms with Gasteiger partial charge in [-0.05, 0) is 51.5 Å². The van der Waals surface area contributed by atoms with Gasteiger partial charge in [0, 0.05) is 12.0 Å². The summed E-state index contributed by atoms with van der Waals surface area (Å²) in [7, 11) is 0. The summed E-state index contributed by atoms with van der Waals surface area (Å²) in [5.41, 5.74) is -0.810. The van der Waals surface area contributed by atoms with Gasteiger partial charge >= 0.3 is 6.09 Å². The van der Waals surface area contributed by atoms with Crippen molar-refractivity contribution in [1.29, 1.82) is 0 Å². The quantitative estimate of drug-likeness (QED) is 0.737. The number of hydrogen-bond donors (Lipinski definition) is 0. The molecule has 0 fully saturated rings. The summed E-state index contributed by atoms with van der Waals surface area (Å²) in [5.74, 6) is -0.203. The van der Waals surface area contributed by atoms with Gasteiger partial charge in [0.2, 0.25) is 0 Å². The first-order valence-electron chi connectivity index (χ1n) is 7.64. The van der Waals surface area contributed by atoms with Crippen LogP contribution in [0.1, 0.15) is 44.0 Å². The Bertz CT molecular complexity index is 729. The molecule has 1 spiro atoms. The minimum atomic E-state index is -1.15. The predicted molar refractivity (Wildman–Crippen MR) is 85.6 cm³/mol. The molecule has 1 aliphatic heterocycles.